The molecule has 0 aliphatic rings. The molecule has 0 aliphatic heterocycles. The molecule has 3 aromatic heterocycles. The summed E-state index contributed by atoms with van der Waals surface area (Å²) in [4.78, 5) is 4.09. The summed E-state index contributed by atoms with van der Waals surface area (Å²) < 4.78 is 35.7. The van der Waals surface area contributed by atoms with Gasteiger partial charge in [-0.2, -0.15) is 9.61 Å². The number of aryl methyl sites for hydroxylation is 1. The number of fused-ring (bicyclic) bond motifs is 3. The molecule has 0 fully saturated rings. The second kappa shape index (κ2) is 8.23. The summed E-state index contributed by atoms with van der Waals surface area (Å²) in [5, 5.41) is 15.2. The van der Waals surface area contributed by atoms with E-state index in [9.17, 15) is 8.42 Å². The number of methoxy groups -OCH3 is 1. The highest BCUT2D eigenvalue weighted by Gasteiger charge is 2.21. The van der Waals surface area contributed by atoms with Crippen LogP contribution in [-0.2, 0) is 16.6 Å². The second-order valence-corrected chi connectivity index (χ2v) is 9.20. The first-order chi connectivity index (χ1) is 16.0. The van der Waals surface area contributed by atoms with Gasteiger partial charge in [0.15, 0.2) is 11.5 Å². The monoisotopic (exact) mass is 460 g/mol. The molecule has 5 aromatic rings. The van der Waals surface area contributed by atoms with Gasteiger partial charge in [-0.05, 0) is 36.8 Å². The normalized spacial score (nSPS) is 11.8. The first-order valence-corrected chi connectivity index (χ1v) is 11.6. The minimum Gasteiger partial charge on any atom is -0.496 e. The van der Waals surface area contributed by atoms with Gasteiger partial charge in [0.2, 0.25) is 10.0 Å². The molecule has 0 atom stereocenters. The van der Waals surface area contributed by atoms with Gasteiger partial charge in [-0.3, -0.25) is 4.98 Å². The lowest BCUT2D eigenvalue weighted by molar-refractivity contribution is 0.415. The fourth-order valence-corrected chi connectivity index (χ4v) is 4.74. The van der Waals surface area contributed by atoms with Crippen LogP contribution < -0.4 is 9.46 Å². The van der Waals surface area contributed by atoms with Crippen molar-refractivity contribution in [1.82, 2.24) is 29.5 Å². The number of ether oxygens (including phenoxy) is 1. The van der Waals surface area contributed by atoms with Gasteiger partial charge in [0, 0.05) is 29.7 Å². The van der Waals surface area contributed by atoms with Crippen molar-refractivity contribution in [1.29, 1.82) is 0 Å². The van der Waals surface area contributed by atoms with Crippen molar-refractivity contribution in [2.45, 2.75) is 18.4 Å². The highest BCUT2D eigenvalue weighted by Crippen LogP contribution is 2.32. The highest BCUT2D eigenvalue weighted by molar-refractivity contribution is 7.89. The van der Waals surface area contributed by atoms with E-state index in [-0.39, 0.29) is 11.4 Å². The SMILES string of the molecule is COc1ccc(S(=O)(=O)NCc2cccnc2)cc1-c1nnc2c3ccccc3c(C)nn12. The van der Waals surface area contributed by atoms with Crippen molar-refractivity contribution in [3.63, 3.8) is 0 Å². The largest absolute Gasteiger partial charge is 0.496 e. The zero-order valence-electron chi connectivity index (χ0n) is 17.9. The minimum atomic E-state index is -3.80. The zero-order valence-corrected chi connectivity index (χ0v) is 18.7. The van der Waals surface area contributed by atoms with Gasteiger partial charge in [0.1, 0.15) is 5.75 Å². The van der Waals surface area contributed by atoms with E-state index >= 15 is 0 Å². The molecular formula is C23H20N6O3S. The number of hydrogen-bond donors (Lipinski definition) is 1. The maximum absolute atomic E-state index is 13.0. The molecule has 0 unspecified atom stereocenters. The lowest BCUT2D eigenvalue weighted by Gasteiger charge is -2.11. The predicted octanol–water partition coefficient (Wildman–Crippen LogP) is 3.14. The number of benzene rings is 2. The van der Waals surface area contributed by atoms with Gasteiger partial charge >= 0.3 is 0 Å². The minimum absolute atomic E-state index is 0.0800. The van der Waals surface area contributed by atoms with Crippen molar-refractivity contribution in [2.24, 2.45) is 0 Å². The number of nitrogens with zero attached hydrogens (tertiary/aromatic N) is 5. The molecule has 0 saturated heterocycles. The van der Waals surface area contributed by atoms with Gasteiger partial charge in [-0.1, -0.05) is 30.3 Å². The molecule has 0 aliphatic carbocycles. The number of pyridine rings is 1. The van der Waals surface area contributed by atoms with Crippen LogP contribution >= 0.6 is 0 Å². The van der Waals surface area contributed by atoms with E-state index < -0.39 is 10.0 Å². The summed E-state index contributed by atoms with van der Waals surface area (Å²) >= 11 is 0. The lowest BCUT2D eigenvalue weighted by Crippen LogP contribution is -2.23. The molecule has 0 radical (unpaired) electrons. The van der Waals surface area contributed by atoms with Crippen LogP contribution in [0.3, 0.4) is 0 Å². The molecule has 166 valence electrons. The number of nitrogens with one attached hydrogen (secondary N) is 1. The van der Waals surface area contributed by atoms with E-state index in [0.717, 1.165) is 22.0 Å². The molecule has 0 bridgehead atoms. The smallest absolute Gasteiger partial charge is 0.240 e. The van der Waals surface area contributed by atoms with Gasteiger partial charge in [0.25, 0.3) is 0 Å². The predicted molar refractivity (Wildman–Crippen MR) is 123 cm³/mol. The van der Waals surface area contributed by atoms with E-state index in [1.807, 2.05) is 31.2 Å². The van der Waals surface area contributed by atoms with Crippen LogP contribution in [0.15, 0.2) is 71.9 Å². The molecule has 9 nitrogen and oxygen atoms in total. The molecule has 10 heteroatoms. The number of rotatable bonds is 6. The lowest BCUT2D eigenvalue weighted by atomic mass is 10.1. The van der Waals surface area contributed by atoms with Gasteiger partial charge in [-0.15, -0.1) is 10.2 Å². The van der Waals surface area contributed by atoms with Crippen LogP contribution in [0.1, 0.15) is 11.3 Å². The molecular weight excluding hydrogens is 440 g/mol. The van der Waals surface area contributed by atoms with Gasteiger partial charge in [0.05, 0.1) is 23.3 Å². The number of aromatic nitrogens is 5. The Bertz CT molecular complexity index is 1580. The van der Waals surface area contributed by atoms with Gasteiger partial charge in [-0.25, -0.2) is 13.1 Å². The summed E-state index contributed by atoms with van der Waals surface area (Å²) in [6, 6.07) is 16.0. The van der Waals surface area contributed by atoms with Crippen molar-refractivity contribution in [3.05, 3.63) is 78.2 Å². The first-order valence-electron chi connectivity index (χ1n) is 10.2. The van der Waals surface area contributed by atoms with Crippen molar-refractivity contribution in [3.8, 4) is 17.1 Å². The standard InChI is InChI=1S/C23H20N6O3S/c1-15-18-7-3-4-8-19(18)22-26-27-23(29(22)28-15)20-12-17(9-10-21(20)32-2)33(30,31)25-14-16-6-5-11-24-13-16/h3-13,25H,14H2,1-2H3. The first kappa shape index (κ1) is 21.0. The van der Waals surface area contributed by atoms with E-state index in [1.165, 1.54) is 19.2 Å². The molecule has 5 rings (SSSR count). The summed E-state index contributed by atoms with van der Waals surface area (Å²) in [5.41, 5.74) is 2.61. The van der Waals surface area contributed by atoms with Gasteiger partial charge < -0.3 is 4.74 Å². The molecule has 3 heterocycles. The third-order valence-electron chi connectivity index (χ3n) is 5.36. The maximum Gasteiger partial charge on any atom is 0.240 e. The van der Waals surface area contributed by atoms with Crippen molar-refractivity contribution >= 4 is 26.4 Å². The molecule has 0 amide bonds. The highest BCUT2D eigenvalue weighted by atomic mass is 32.2. The van der Waals surface area contributed by atoms with Crippen LogP contribution in [0.4, 0.5) is 0 Å². The van der Waals surface area contributed by atoms with Crippen LogP contribution in [0, 0.1) is 6.92 Å². The second-order valence-electron chi connectivity index (χ2n) is 7.44. The number of sulfonamides is 1. The quantitative estimate of drug-likeness (QED) is 0.414. The molecule has 33 heavy (non-hydrogen) atoms. The Labute approximate surface area is 190 Å². The Morgan fingerprint density at radius 2 is 1.85 bits per heavy atom. The Kier molecular flexibility index (Phi) is 5.23. The molecule has 1 N–H and O–H groups in total. The van der Waals surface area contributed by atoms with Crippen LogP contribution in [-0.4, -0.2) is 40.3 Å². The summed E-state index contributed by atoms with van der Waals surface area (Å²) in [5.74, 6) is 0.850. The van der Waals surface area contributed by atoms with E-state index in [4.69, 9.17) is 4.74 Å². The van der Waals surface area contributed by atoms with E-state index in [2.05, 4.69) is 25.0 Å². The molecule has 0 saturated carbocycles. The Morgan fingerprint density at radius 1 is 1.03 bits per heavy atom. The van der Waals surface area contributed by atoms with Crippen molar-refractivity contribution in [2.75, 3.05) is 7.11 Å². The zero-order chi connectivity index (χ0) is 23.0. The Morgan fingerprint density at radius 3 is 2.61 bits per heavy atom. The average Bonchev–Trinajstić information content (AvgIpc) is 3.27. The topological polar surface area (TPSA) is 111 Å². The maximum atomic E-state index is 13.0. The fraction of sp³-hybridized carbons (Fsp3) is 0.130. The van der Waals surface area contributed by atoms with Crippen LogP contribution in [0.2, 0.25) is 0 Å². The average molecular weight is 461 g/mol. The van der Waals surface area contributed by atoms with E-state index in [1.54, 1.807) is 35.1 Å². The summed E-state index contributed by atoms with van der Waals surface area (Å²) in [6.07, 6.45) is 3.25. The van der Waals surface area contributed by atoms with Crippen LogP contribution in [0.25, 0.3) is 27.8 Å². The summed E-state index contributed by atoms with van der Waals surface area (Å²) in [6.45, 7) is 2.03. The summed E-state index contributed by atoms with van der Waals surface area (Å²) in [7, 11) is -2.29. The van der Waals surface area contributed by atoms with Crippen LogP contribution in [0.5, 0.6) is 5.75 Å². The molecule has 0 spiro atoms. The Balaban J connectivity index is 1.60. The number of hydrogen-bond acceptors (Lipinski definition) is 7. The fourth-order valence-electron chi connectivity index (χ4n) is 3.70. The third-order valence-corrected chi connectivity index (χ3v) is 6.76. The van der Waals surface area contributed by atoms with E-state index in [0.29, 0.717) is 22.8 Å². The Hall–Kier alpha value is -3.89. The third kappa shape index (κ3) is 3.79. The molecule has 2 aromatic carbocycles. The van der Waals surface area contributed by atoms with Crippen molar-refractivity contribution < 1.29 is 13.2 Å².